The SMILES string of the molecule is Cc1ncsc1C(CO[N+](=O)[O-])n1cc(-c2ccccc2)nn1. The van der Waals surface area contributed by atoms with E-state index in [1.807, 2.05) is 37.3 Å². The van der Waals surface area contributed by atoms with Crippen LogP contribution in [0.5, 0.6) is 0 Å². The van der Waals surface area contributed by atoms with Crippen LogP contribution in [0.15, 0.2) is 42.0 Å². The molecule has 0 fully saturated rings. The number of rotatable bonds is 6. The Morgan fingerprint density at radius 3 is 2.83 bits per heavy atom. The molecule has 1 aromatic carbocycles. The molecule has 0 aliphatic rings. The fraction of sp³-hybridized carbons (Fsp3) is 0.214. The molecule has 0 saturated heterocycles. The Labute approximate surface area is 135 Å². The lowest BCUT2D eigenvalue weighted by atomic mass is 10.2. The van der Waals surface area contributed by atoms with Crippen LogP contribution in [0.3, 0.4) is 0 Å². The molecule has 0 radical (unpaired) electrons. The second-order valence-corrected chi connectivity index (χ2v) is 5.67. The van der Waals surface area contributed by atoms with Crippen molar-refractivity contribution in [3.05, 3.63) is 62.7 Å². The Balaban J connectivity index is 1.92. The van der Waals surface area contributed by atoms with Crippen molar-refractivity contribution in [1.82, 2.24) is 20.0 Å². The molecule has 118 valence electrons. The number of benzene rings is 1. The highest BCUT2D eigenvalue weighted by Gasteiger charge is 2.22. The molecule has 23 heavy (non-hydrogen) atoms. The van der Waals surface area contributed by atoms with Crippen LogP contribution in [-0.4, -0.2) is 31.7 Å². The van der Waals surface area contributed by atoms with Gasteiger partial charge in [-0.25, -0.2) is 9.67 Å². The van der Waals surface area contributed by atoms with E-state index in [1.54, 1.807) is 16.4 Å². The molecule has 2 aromatic heterocycles. The molecule has 0 aliphatic carbocycles. The average molecular weight is 331 g/mol. The summed E-state index contributed by atoms with van der Waals surface area (Å²) < 4.78 is 1.58. The van der Waals surface area contributed by atoms with Gasteiger partial charge < -0.3 is 4.84 Å². The summed E-state index contributed by atoms with van der Waals surface area (Å²) in [5.41, 5.74) is 4.11. The average Bonchev–Trinajstić information content (AvgIpc) is 3.19. The maximum absolute atomic E-state index is 10.5. The van der Waals surface area contributed by atoms with Gasteiger partial charge in [0.05, 0.1) is 22.3 Å². The zero-order valence-electron chi connectivity index (χ0n) is 12.2. The van der Waals surface area contributed by atoms with Crippen LogP contribution in [0.2, 0.25) is 0 Å². The fourth-order valence-corrected chi connectivity index (χ4v) is 3.09. The molecule has 9 heteroatoms. The van der Waals surface area contributed by atoms with Crippen molar-refractivity contribution >= 4 is 11.3 Å². The first-order chi connectivity index (χ1) is 11.1. The molecule has 0 bridgehead atoms. The Kier molecular flexibility index (Phi) is 4.29. The maximum atomic E-state index is 10.5. The molecule has 0 aliphatic heterocycles. The summed E-state index contributed by atoms with van der Waals surface area (Å²) in [6, 6.07) is 9.15. The van der Waals surface area contributed by atoms with Gasteiger partial charge >= 0.3 is 0 Å². The molecule has 1 unspecified atom stereocenters. The third-order valence-corrected chi connectivity index (χ3v) is 4.35. The van der Waals surface area contributed by atoms with Crippen molar-refractivity contribution in [2.45, 2.75) is 13.0 Å². The first-order valence-electron chi connectivity index (χ1n) is 6.79. The molecule has 3 aromatic rings. The molecule has 3 rings (SSSR count). The zero-order chi connectivity index (χ0) is 16.2. The molecular formula is C14H13N5O3S. The van der Waals surface area contributed by atoms with Gasteiger partial charge in [0.1, 0.15) is 18.3 Å². The predicted molar refractivity (Wildman–Crippen MR) is 83.4 cm³/mol. The van der Waals surface area contributed by atoms with Gasteiger partial charge in [-0.2, -0.15) is 0 Å². The van der Waals surface area contributed by atoms with Crippen LogP contribution in [0.1, 0.15) is 16.6 Å². The highest BCUT2D eigenvalue weighted by molar-refractivity contribution is 7.09. The Morgan fingerprint density at radius 2 is 2.17 bits per heavy atom. The largest absolute Gasteiger partial charge is 0.311 e. The van der Waals surface area contributed by atoms with Crippen LogP contribution >= 0.6 is 11.3 Å². The number of aromatic nitrogens is 4. The topological polar surface area (TPSA) is 96.0 Å². The van der Waals surface area contributed by atoms with Gasteiger partial charge in [0.2, 0.25) is 0 Å². The van der Waals surface area contributed by atoms with E-state index in [4.69, 9.17) is 0 Å². The minimum Gasteiger partial charge on any atom is -0.311 e. The predicted octanol–water partition coefficient (Wildman–Crippen LogP) is 2.51. The molecule has 0 saturated carbocycles. The Morgan fingerprint density at radius 1 is 1.39 bits per heavy atom. The lowest BCUT2D eigenvalue weighted by molar-refractivity contribution is -0.758. The first kappa shape index (κ1) is 15.1. The summed E-state index contributed by atoms with van der Waals surface area (Å²) in [6.07, 6.45) is 1.75. The summed E-state index contributed by atoms with van der Waals surface area (Å²) in [5.74, 6) is 0. The number of aryl methyl sites for hydroxylation is 1. The van der Waals surface area contributed by atoms with Crippen molar-refractivity contribution in [3.63, 3.8) is 0 Å². The van der Waals surface area contributed by atoms with Crippen LogP contribution in [0.25, 0.3) is 11.3 Å². The Bertz CT molecular complexity index is 802. The second-order valence-electron chi connectivity index (χ2n) is 4.79. The van der Waals surface area contributed by atoms with Gasteiger partial charge in [0.15, 0.2) is 0 Å². The molecule has 0 spiro atoms. The quantitative estimate of drug-likeness (QED) is 0.508. The van der Waals surface area contributed by atoms with E-state index in [2.05, 4.69) is 20.1 Å². The van der Waals surface area contributed by atoms with Crippen LogP contribution in [0, 0.1) is 17.0 Å². The highest BCUT2D eigenvalue weighted by atomic mass is 32.1. The van der Waals surface area contributed by atoms with Crippen LogP contribution < -0.4 is 0 Å². The molecule has 8 nitrogen and oxygen atoms in total. The summed E-state index contributed by atoms with van der Waals surface area (Å²) in [6.45, 7) is 1.70. The molecular weight excluding hydrogens is 318 g/mol. The number of hydrogen-bond acceptors (Lipinski definition) is 7. The minimum atomic E-state index is -0.807. The van der Waals surface area contributed by atoms with Crippen LogP contribution in [0.4, 0.5) is 0 Å². The summed E-state index contributed by atoms with van der Waals surface area (Å²) in [7, 11) is 0. The Hall–Kier alpha value is -2.81. The van der Waals surface area contributed by atoms with E-state index >= 15 is 0 Å². The van der Waals surface area contributed by atoms with Gasteiger partial charge in [0, 0.05) is 5.56 Å². The first-order valence-corrected chi connectivity index (χ1v) is 7.67. The van der Waals surface area contributed by atoms with Crippen molar-refractivity contribution in [2.75, 3.05) is 6.61 Å². The van der Waals surface area contributed by atoms with Crippen molar-refractivity contribution in [1.29, 1.82) is 0 Å². The third-order valence-electron chi connectivity index (χ3n) is 3.32. The van der Waals surface area contributed by atoms with E-state index in [0.717, 1.165) is 16.1 Å². The standard InChI is InChI=1S/C14H13N5O3S/c1-10-14(23-9-15-10)13(8-22-19(20)21)18-7-12(16-17-18)11-5-3-2-4-6-11/h2-7,9,13H,8H2,1H3. The molecule has 2 heterocycles. The summed E-state index contributed by atoms with van der Waals surface area (Å²) in [5, 5.41) is 18.0. The van der Waals surface area contributed by atoms with Gasteiger partial charge in [-0.05, 0) is 6.92 Å². The second kappa shape index (κ2) is 6.53. The summed E-state index contributed by atoms with van der Waals surface area (Å²) in [4.78, 5) is 20.2. The number of thiazole rings is 1. The van der Waals surface area contributed by atoms with Crippen molar-refractivity contribution < 1.29 is 9.92 Å². The molecule has 0 N–H and O–H groups in total. The van der Waals surface area contributed by atoms with Gasteiger partial charge in [-0.3, -0.25) is 0 Å². The van der Waals surface area contributed by atoms with Crippen LogP contribution in [-0.2, 0) is 4.84 Å². The zero-order valence-corrected chi connectivity index (χ0v) is 13.0. The van der Waals surface area contributed by atoms with E-state index in [0.29, 0.717) is 5.69 Å². The van der Waals surface area contributed by atoms with E-state index < -0.39 is 11.1 Å². The van der Waals surface area contributed by atoms with E-state index in [9.17, 15) is 10.1 Å². The van der Waals surface area contributed by atoms with Crippen molar-refractivity contribution in [3.8, 4) is 11.3 Å². The monoisotopic (exact) mass is 331 g/mol. The smallest absolute Gasteiger partial charge is 0.294 e. The van der Waals surface area contributed by atoms with Gasteiger partial charge in [-0.15, -0.1) is 26.5 Å². The third kappa shape index (κ3) is 3.34. The van der Waals surface area contributed by atoms with E-state index in [-0.39, 0.29) is 6.61 Å². The summed E-state index contributed by atoms with van der Waals surface area (Å²) >= 11 is 1.41. The van der Waals surface area contributed by atoms with Gasteiger partial charge in [-0.1, -0.05) is 35.5 Å². The molecule has 0 amide bonds. The van der Waals surface area contributed by atoms with E-state index in [1.165, 1.54) is 11.3 Å². The lowest BCUT2D eigenvalue weighted by Crippen LogP contribution is -2.19. The number of nitrogens with zero attached hydrogens (tertiary/aromatic N) is 5. The highest BCUT2D eigenvalue weighted by Crippen LogP contribution is 2.26. The lowest BCUT2D eigenvalue weighted by Gasteiger charge is -2.14. The van der Waals surface area contributed by atoms with Crippen molar-refractivity contribution in [2.24, 2.45) is 0 Å². The maximum Gasteiger partial charge on any atom is 0.294 e. The van der Waals surface area contributed by atoms with Gasteiger partial charge in [0.25, 0.3) is 5.09 Å². The molecule has 1 atom stereocenters. The fourth-order valence-electron chi connectivity index (χ4n) is 2.20. The normalized spacial score (nSPS) is 12.0. The number of hydrogen-bond donors (Lipinski definition) is 0. The minimum absolute atomic E-state index is 0.145.